The van der Waals surface area contributed by atoms with E-state index in [1.165, 1.54) is 30.3 Å². The Bertz CT molecular complexity index is 688. The van der Waals surface area contributed by atoms with E-state index in [9.17, 15) is 19.8 Å². The predicted octanol–water partition coefficient (Wildman–Crippen LogP) is 1.92. The SMILES string of the molecule is CC1O[C@@H](O[C@H](C)CC/C=C/C(=O)Nc2ccc(C(=O)O)cc2)C(O)CC1O. The van der Waals surface area contributed by atoms with Crippen LogP contribution in [0.15, 0.2) is 36.4 Å². The number of carbonyl (C=O) groups excluding carboxylic acids is 1. The maximum absolute atomic E-state index is 11.9. The number of carboxylic acids is 1. The largest absolute Gasteiger partial charge is 0.478 e. The highest BCUT2D eigenvalue weighted by Crippen LogP contribution is 2.22. The second kappa shape index (κ2) is 10.3. The number of rotatable bonds is 8. The lowest BCUT2D eigenvalue weighted by atomic mass is 10.0. The quantitative estimate of drug-likeness (QED) is 0.497. The van der Waals surface area contributed by atoms with Crippen molar-refractivity contribution in [2.75, 3.05) is 5.32 Å². The van der Waals surface area contributed by atoms with E-state index in [1.807, 2.05) is 6.92 Å². The van der Waals surface area contributed by atoms with Crippen LogP contribution in [-0.4, -0.2) is 57.9 Å². The number of aliphatic hydroxyl groups is 2. The Morgan fingerprint density at radius 3 is 2.61 bits per heavy atom. The van der Waals surface area contributed by atoms with E-state index in [0.717, 1.165) is 0 Å². The Kier molecular flexibility index (Phi) is 8.13. The fraction of sp³-hybridized carbons (Fsp3) is 0.500. The molecule has 1 amide bonds. The number of carboxylic acid groups (broad SMARTS) is 1. The van der Waals surface area contributed by atoms with Crippen LogP contribution in [-0.2, 0) is 14.3 Å². The van der Waals surface area contributed by atoms with Gasteiger partial charge in [0.25, 0.3) is 0 Å². The molecule has 154 valence electrons. The Hall–Kier alpha value is -2.26. The van der Waals surface area contributed by atoms with Gasteiger partial charge in [0, 0.05) is 12.1 Å². The van der Waals surface area contributed by atoms with Gasteiger partial charge in [-0.1, -0.05) is 6.08 Å². The number of amides is 1. The van der Waals surface area contributed by atoms with Crippen LogP contribution in [0.25, 0.3) is 0 Å². The van der Waals surface area contributed by atoms with E-state index in [1.54, 1.807) is 13.0 Å². The maximum atomic E-state index is 11.9. The molecule has 1 fully saturated rings. The van der Waals surface area contributed by atoms with Crippen LogP contribution < -0.4 is 5.32 Å². The van der Waals surface area contributed by atoms with E-state index >= 15 is 0 Å². The van der Waals surface area contributed by atoms with Gasteiger partial charge in [-0.25, -0.2) is 4.79 Å². The average Bonchev–Trinajstić information content (AvgIpc) is 2.63. The highest BCUT2D eigenvalue weighted by atomic mass is 16.7. The molecule has 5 atom stereocenters. The van der Waals surface area contributed by atoms with Crippen LogP contribution in [0.1, 0.15) is 43.5 Å². The maximum Gasteiger partial charge on any atom is 0.335 e. The predicted molar refractivity (Wildman–Crippen MR) is 102 cm³/mol. The molecular weight excluding hydrogens is 366 g/mol. The van der Waals surface area contributed by atoms with Crippen LogP contribution in [0.4, 0.5) is 5.69 Å². The first-order chi connectivity index (χ1) is 13.3. The Morgan fingerprint density at radius 2 is 1.96 bits per heavy atom. The summed E-state index contributed by atoms with van der Waals surface area (Å²) in [7, 11) is 0. The van der Waals surface area contributed by atoms with Crippen LogP contribution in [0, 0.1) is 0 Å². The summed E-state index contributed by atoms with van der Waals surface area (Å²) < 4.78 is 11.2. The summed E-state index contributed by atoms with van der Waals surface area (Å²) in [6, 6.07) is 5.89. The summed E-state index contributed by atoms with van der Waals surface area (Å²) in [6.45, 7) is 3.58. The van der Waals surface area contributed by atoms with Crippen LogP contribution in [0.5, 0.6) is 0 Å². The number of hydrogen-bond donors (Lipinski definition) is 4. The number of anilines is 1. The first-order valence-corrected chi connectivity index (χ1v) is 9.24. The number of nitrogens with one attached hydrogen (secondary N) is 1. The second-order valence-corrected chi connectivity index (χ2v) is 6.88. The summed E-state index contributed by atoms with van der Waals surface area (Å²) in [4.78, 5) is 22.7. The van der Waals surface area contributed by atoms with E-state index in [0.29, 0.717) is 18.5 Å². The molecule has 0 radical (unpaired) electrons. The first kappa shape index (κ1) is 22.0. The van der Waals surface area contributed by atoms with E-state index in [2.05, 4.69) is 5.32 Å². The molecule has 1 aromatic carbocycles. The van der Waals surface area contributed by atoms with Crippen molar-refractivity contribution in [3.8, 4) is 0 Å². The lowest BCUT2D eigenvalue weighted by molar-refractivity contribution is -0.273. The molecular formula is C20H27NO7. The highest BCUT2D eigenvalue weighted by molar-refractivity contribution is 5.99. The van der Waals surface area contributed by atoms with Gasteiger partial charge in [0.05, 0.1) is 23.9 Å². The fourth-order valence-corrected chi connectivity index (χ4v) is 2.76. The number of benzene rings is 1. The molecule has 28 heavy (non-hydrogen) atoms. The molecule has 8 heteroatoms. The van der Waals surface area contributed by atoms with Gasteiger partial charge in [0.2, 0.25) is 5.91 Å². The van der Waals surface area contributed by atoms with Crippen LogP contribution in [0.2, 0.25) is 0 Å². The van der Waals surface area contributed by atoms with Crippen molar-refractivity contribution < 1.29 is 34.4 Å². The van der Waals surface area contributed by atoms with E-state index < -0.39 is 30.6 Å². The Balaban J connectivity index is 1.70. The second-order valence-electron chi connectivity index (χ2n) is 6.88. The molecule has 1 aliphatic heterocycles. The minimum atomic E-state index is -1.02. The van der Waals surface area contributed by atoms with Gasteiger partial charge in [-0.05, 0) is 57.0 Å². The lowest BCUT2D eigenvalue weighted by Gasteiger charge is -2.36. The molecule has 1 aromatic rings. The summed E-state index contributed by atoms with van der Waals surface area (Å²) in [6.07, 6.45) is 1.62. The molecule has 0 spiro atoms. The van der Waals surface area contributed by atoms with Crippen molar-refractivity contribution in [3.63, 3.8) is 0 Å². The lowest BCUT2D eigenvalue weighted by Crippen LogP contribution is -2.48. The van der Waals surface area contributed by atoms with Gasteiger partial charge < -0.3 is 30.1 Å². The Labute approximate surface area is 163 Å². The molecule has 1 saturated heterocycles. The average molecular weight is 393 g/mol. The first-order valence-electron chi connectivity index (χ1n) is 9.24. The number of hydrogen-bond acceptors (Lipinski definition) is 6. The zero-order valence-corrected chi connectivity index (χ0v) is 15.9. The molecule has 4 N–H and O–H groups in total. The minimum Gasteiger partial charge on any atom is -0.478 e. The normalized spacial score (nSPS) is 26.1. The number of aliphatic hydroxyl groups excluding tert-OH is 2. The third kappa shape index (κ3) is 6.72. The van der Waals surface area contributed by atoms with Crippen molar-refractivity contribution >= 4 is 17.6 Å². The van der Waals surface area contributed by atoms with Crippen molar-refractivity contribution in [2.24, 2.45) is 0 Å². The molecule has 0 aromatic heterocycles. The van der Waals surface area contributed by atoms with Crippen molar-refractivity contribution in [3.05, 3.63) is 42.0 Å². The fourth-order valence-electron chi connectivity index (χ4n) is 2.76. The van der Waals surface area contributed by atoms with Gasteiger partial charge in [0.1, 0.15) is 6.10 Å². The number of ether oxygens (including phenoxy) is 2. The molecule has 1 aliphatic rings. The number of carbonyl (C=O) groups is 2. The molecule has 1 heterocycles. The third-order valence-electron chi connectivity index (χ3n) is 4.46. The van der Waals surface area contributed by atoms with Gasteiger partial charge >= 0.3 is 5.97 Å². The van der Waals surface area contributed by atoms with E-state index in [-0.39, 0.29) is 24.0 Å². The van der Waals surface area contributed by atoms with Crippen molar-refractivity contribution in [1.29, 1.82) is 0 Å². The summed E-state index contributed by atoms with van der Waals surface area (Å²) in [5, 5.41) is 31.1. The van der Waals surface area contributed by atoms with Gasteiger partial charge in [-0.2, -0.15) is 0 Å². The van der Waals surface area contributed by atoms with Gasteiger partial charge in [0.15, 0.2) is 6.29 Å². The Morgan fingerprint density at radius 1 is 1.29 bits per heavy atom. The third-order valence-corrected chi connectivity index (χ3v) is 4.46. The summed E-state index contributed by atoms with van der Waals surface area (Å²) in [5.74, 6) is -1.34. The molecule has 0 aliphatic carbocycles. The van der Waals surface area contributed by atoms with Gasteiger partial charge in [-0.3, -0.25) is 4.79 Å². The zero-order valence-electron chi connectivity index (χ0n) is 15.9. The van der Waals surface area contributed by atoms with Crippen LogP contribution >= 0.6 is 0 Å². The summed E-state index contributed by atoms with van der Waals surface area (Å²) >= 11 is 0. The molecule has 2 rings (SSSR count). The molecule has 0 saturated carbocycles. The smallest absolute Gasteiger partial charge is 0.335 e. The van der Waals surface area contributed by atoms with Crippen molar-refractivity contribution in [1.82, 2.24) is 0 Å². The zero-order chi connectivity index (χ0) is 20.7. The van der Waals surface area contributed by atoms with E-state index in [4.69, 9.17) is 14.6 Å². The van der Waals surface area contributed by atoms with Crippen molar-refractivity contribution in [2.45, 2.75) is 63.8 Å². The molecule has 0 bridgehead atoms. The number of allylic oxidation sites excluding steroid dienone is 1. The molecule has 8 nitrogen and oxygen atoms in total. The minimum absolute atomic E-state index is 0.151. The summed E-state index contributed by atoms with van der Waals surface area (Å²) in [5.41, 5.74) is 0.662. The van der Waals surface area contributed by atoms with Gasteiger partial charge in [-0.15, -0.1) is 0 Å². The molecule has 3 unspecified atom stereocenters. The van der Waals surface area contributed by atoms with Crippen LogP contribution in [0.3, 0.4) is 0 Å². The highest BCUT2D eigenvalue weighted by Gasteiger charge is 2.35. The standard InChI is InChI=1S/C20H27NO7/c1-12(27-20-17(23)11-16(22)13(2)28-20)5-3-4-6-18(24)21-15-9-7-14(8-10-15)19(25)26/h4,6-10,12-13,16-17,20,22-23H,3,5,11H2,1-2H3,(H,21,24)(H,25,26)/b6-4+/t12-,13?,16?,17?,20-/m1/s1. The monoisotopic (exact) mass is 393 g/mol. The number of aromatic carboxylic acids is 1. The topological polar surface area (TPSA) is 125 Å².